The van der Waals surface area contributed by atoms with Crippen LogP contribution in [0.25, 0.3) is 0 Å². The van der Waals surface area contributed by atoms with Gasteiger partial charge in [-0.05, 0) is 46.9 Å². The van der Waals surface area contributed by atoms with Gasteiger partial charge in [-0.3, -0.25) is 11.3 Å². The lowest BCUT2D eigenvalue weighted by atomic mass is 10.0. The van der Waals surface area contributed by atoms with Crippen LogP contribution in [0.2, 0.25) is 0 Å². The SMILES string of the molecule is NNC(Cc1ccsc1)Cc1ccccc1F. The van der Waals surface area contributed by atoms with Gasteiger partial charge in [0.1, 0.15) is 5.82 Å². The topological polar surface area (TPSA) is 38.0 Å². The van der Waals surface area contributed by atoms with Gasteiger partial charge in [0.05, 0.1) is 0 Å². The molecule has 0 aliphatic carbocycles. The van der Waals surface area contributed by atoms with Gasteiger partial charge in [-0.25, -0.2) is 4.39 Å². The first kappa shape index (κ1) is 12.2. The zero-order valence-electron chi connectivity index (χ0n) is 9.40. The number of nitrogens with one attached hydrogen (secondary N) is 1. The van der Waals surface area contributed by atoms with Gasteiger partial charge < -0.3 is 0 Å². The molecule has 4 heteroatoms. The van der Waals surface area contributed by atoms with Gasteiger partial charge in [0, 0.05) is 6.04 Å². The van der Waals surface area contributed by atoms with Crippen LogP contribution in [0.3, 0.4) is 0 Å². The minimum Gasteiger partial charge on any atom is -0.271 e. The van der Waals surface area contributed by atoms with Gasteiger partial charge in [-0.15, -0.1) is 0 Å². The van der Waals surface area contributed by atoms with Crippen molar-refractivity contribution in [3.05, 3.63) is 58.0 Å². The van der Waals surface area contributed by atoms with Crippen molar-refractivity contribution in [2.75, 3.05) is 0 Å². The second-order valence-corrected chi connectivity index (χ2v) is 4.77. The monoisotopic (exact) mass is 250 g/mol. The number of benzene rings is 1. The summed E-state index contributed by atoms with van der Waals surface area (Å²) in [5.74, 6) is 5.35. The molecule has 0 saturated heterocycles. The Morgan fingerprint density at radius 3 is 2.71 bits per heavy atom. The second kappa shape index (κ2) is 5.91. The molecule has 1 heterocycles. The highest BCUT2D eigenvalue weighted by atomic mass is 32.1. The van der Waals surface area contributed by atoms with Crippen molar-refractivity contribution in [1.29, 1.82) is 0 Å². The van der Waals surface area contributed by atoms with Crippen LogP contribution in [0, 0.1) is 5.82 Å². The lowest BCUT2D eigenvalue weighted by molar-refractivity contribution is 0.507. The molecule has 0 amide bonds. The van der Waals surface area contributed by atoms with Gasteiger partial charge in [0.2, 0.25) is 0 Å². The first-order valence-corrected chi connectivity index (χ1v) is 6.44. The van der Waals surface area contributed by atoms with Gasteiger partial charge in [0.15, 0.2) is 0 Å². The quantitative estimate of drug-likeness (QED) is 0.632. The molecule has 17 heavy (non-hydrogen) atoms. The highest BCUT2D eigenvalue weighted by molar-refractivity contribution is 7.07. The van der Waals surface area contributed by atoms with Crippen LogP contribution in [0.1, 0.15) is 11.1 Å². The molecule has 2 nitrogen and oxygen atoms in total. The Bertz CT molecular complexity index is 456. The summed E-state index contributed by atoms with van der Waals surface area (Å²) in [7, 11) is 0. The van der Waals surface area contributed by atoms with Gasteiger partial charge >= 0.3 is 0 Å². The van der Waals surface area contributed by atoms with Gasteiger partial charge in [-0.2, -0.15) is 11.3 Å². The van der Waals surface area contributed by atoms with E-state index in [-0.39, 0.29) is 11.9 Å². The predicted molar refractivity (Wildman–Crippen MR) is 69.2 cm³/mol. The van der Waals surface area contributed by atoms with Crippen LogP contribution < -0.4 is 11.3 Å². The van der Waals surface area contributed by atoms with Crippen LogP contribution >= 0.6 is 11.3 Å². The van der Waals surface area contributed by atoms with Crippen LogP contribution in [0.5, 0.6) is 0 Å². The van der Waals surface area contributed by atoms with Crippen LogP contribution in [-0.2, 0) is 12.8 Å². The van der Waals surface area contributed by atoms with Crippen LogP contribution in [0.4, 0.5) is 4.39 Å². The lowest BCUT2D eigenvalue weighted by Gasteiger charge is -2.15. The van der Waals surface area contributed by atoms with E-state index in [4.69, 9.17) is 5.84 Å². The van der Waals surface area contributed by atoms with Gasteiger partial charge in [-0.1, -0.05) is 18.2 Å². The molecular weight excluding hydrogens is 235 g/mol. The standard InChI is InChI=1S/C13H15FN2S/c14-13-4-2-1-3-11(13)8-12(16-15)7-10-5-6-17-9-10/h1-6,9,12,16H,7-8,15H2. The van der Waals surface area contributed by atoms with E-state index in [1.165, 1.54) is 11.6 Å². The van der Waals surface area contributed by atoms with Crippen molar-refractivity contribution in [2.24, 2.45) is 5.84 Å². The minimum atomic E-state index is -0.168. The molecule has 0 bridgehead atoms. The highest BCUT2D eigenvalue weighted by Gasteiger charge is 2.11. The fourth-order valence-electron chi connectivity index (χ4n) is 1.81. The third-order valence-corrected chi connectivity index (χ3v) is 3.45. The maximum atomic E-state index is 13.5. The highest BCUT2D eigenvalue weighted by Crippen LogP contribution is 2.13. The van der Waals surface area contributed by atoms with Crippen molar-refractivity contribution >= 4 is 11.3 Å². The Labute approximate surface area is 104 Å². The van der Waals surface area contributed by atoms with E-state index in [9.17, 15) is 4.39 Å². The average Bonchev–Trinajstić information content (AvgIpc) is 2.84. The zero-order valence-corrected chi connectivity index (χ0v) is 10.2. The van der Waals surface area contributed by atoms with E-state index >= 15 is 0 Å². The van der Waals surface area contributed by atoms with Crippen molar-refractivity contribution in [3.8, 4) is 0 Å². The molecule has 1 aromatic heterocycles. The Hall–Kier alpha value is -1.23. The summed E-state index contributed by atoms with van der Waals surface area (Å²) in [6.07, 6.45) is 1.41. The van der Waals surface area contributed by atoms with Gasteiger partial charge in [0.25, 0.3) is 0 Å². The Morgan fingerprint density at radius 2 is 2.06 bits per heavy atom. The molecule has 0 aliphatic rings. The number of hydrogen-bond acceptors (Lipinski definition) is 3. The smallest absolute Gasteiger partial charge is 0.126 e. The Kier molecular flexibility index (Phi) is 4.25. The van der Waals surface area contributed by atoms with Crippen LogP contribution in [-0.4, -0.2) is 6.04 Å². The number of hydrazine groups is 1. The molecule has 0 saturated carbocycles. The molecule has 1 unspecified atom stereocenters. The van der Waals surface area contributed by atoms with E-state index < -0.39 is 0 Å². The number of thiophene rings is 1. The van der Waals surface area contributed by atoms with Crippen molar-refractivity contribution in [3.63, 3.8) is 0 Å². The molecule has 90 valence electrons. The maximum absolute atomic E-state index is 13.5. The maximum Gasteiger partial charge on any atom is 0.126 e. The molecule has 0 fully saturated rings. The fourth-order valence-corrected chi connectivity index (χ4v) is 2.49. The first-order chi connectivity index (χ1) is 8.29. The van der Waals surface area contributed by atoms with E-state index in [2.05, 4.69) is 16.9 Å². The van der Waals surface area contributed by atoms with Crippen molar-refractivity contribution < 1.29 is 4.39 Å². The molecule has 3 N–H and O–H groups in total. The normalized spacial score (nSPS) is 12.6. The molecular formula is C13H15FN2S. The summed E-state index contributed by atoms with van der Waals surface area (Å²) in [6.45, 7) is 0. The third kappa shape index (κ3) is 3.36. The number of halogens is 1. The summed E-state index contributed by atoms with van der Waals surface area (Å²) in [5.41, 5.74) is 4.68. The number of hydrogen-bond donors (Lipinski definition) is 2. The predicted octanol–water partition coefficient (Wildman–Crippen LogP) is 2.50. The van der Waals surface area contributed by atoms with Crippen molar-refractivity contribution in [1.82, 2.24) is 5.43 Å². The summed E-state index contributed by atoms with van der Waals surface area (Å²) >= 11 is 1.66. The molecule has 2 rings (SSSR count). The molecule has 0 radical (unpaired) electrons. The van der Waals surface area contributed by atoms with Crippen molar-refractivity contribution in [2.45, 2.75) is 18.9 Å². The third-order valence-electron chi connectivity index (χ3n) is 2.72. The first-order valence-electron chi connectivity index (χ1n) is 5.50. The Morgan fingerprint density at radius 1 is 1.24 bits per heavy atom. The zero-order chi connectivity index (χ0) is 12.1. The minimum absolute atomic E-state index is 0.0569. The number of rotatable bonds is 5. The lowest BCUT2D eigenvalue weighted by Crippen LogP contribution is -2.38. The molecule has 0 spiro atoms. The van der Waals surface area contributed by atoms with E-state index in [0.29, 0.717) is 12.0 Å². The molecule has 2 aromatic rings. The molecule has 1 atom stereocenters. The summed E-state index contributed by atoms with van der Waals surface area (Å²) in [6, 6.07) is 8.94. The average molecular weight is 250 g/mol. The largest absolute Gasteiger partial charge is 0.271 e. The summed E-state index contributed by atoms with van der Waals surface area (Å²) < 4.78 is 13.5. The second-order valence-electron chi connectivity index (χ2n) is 3.99. The van der Waals surface area contributed by atoms with E-state index in [0.717, 1.165) is 6.42 Å². The summed E-state index contributed by atoms with van der Waals surface area (Å²) in [5, 5.41) is 4.12. The summed E-state index contributed by atoms with van der Waals surface area (Å²) in [4.78, 5) is 0. The molecule has 1 aromatic carbocycles. The Balaban J connectivity index is 2.03. The number of nitrogens with two attached hydrogens (primary N) is 1. The fraction of sp³-hybridized carbons (Fsp3) is 0.231. The van der Waals surface area contributed by atoms with E-state index in [1.54, 1.807) is 23.5 Å². The van der Waals surface area contributed by atoms with E-state index in [1.807, 2.05) is 11.4 Å². The van der Waals surface area contributed by atoms with Crippen LogP contribution in [0.15, 0.2) is 41.1 Å². The molecule has 0 aliphatic heterocycles.